The molecule has 6 heteroatoms. The molecular formula is C14H17ClO5. The largest absolute Gasteiger partial charge is 0.509 e. The first-order valence-electron chi connectivity index (χ1n) is 6.02. The van der Waals surface area contributed by atoms with Crippen molar-refractivity contribution in [1.82, 2.24) is 0 Å². The number of hydrogen-bond donors (Lipinski definition) is 0. The van der Waals surface area contributed by atoms with Gasteiger partial charge in [-0.25, -0.2) is 4.79 Å². The summed E-state index contributed by atoms with van der Waals surface area (Å²) in [6.07, 6.45) is -0.913. The maximum Gasteiger partial charge on any atom is 0.509 e. The van der Waals surface area contributed by atoms with E-state index in [0.29, 0.717) is 0 Å². The van der Waals surface area contributed by atoms with Crippen molar-refractivity contribution in [3.05, 3.63) is 35.9 Å². The molecule has 0 spiro atoms. The number of hydrogen-bond acceptors (Lipinski definition) is 5. The number of esters is 1. The van der Waals surface area contributed by atoms with E-state index < -0.39 is 17.5 Å². The van der Waals surface area contributed by atoms with E-state index in [2.05, 4.69) is 4.74 Å². The highest BCUT2D eigenvalue weighted by atomic mass is 35.5. The molecule has 0 aliphatic carbocycles. The molecule has 0 amide bonds. The Labute approximate surface area is 122 Å². The van der Waals surface area contributed by atoms with Crippen molar-refractivity contribution in [3.63, 3.8) is 0 Å². The summed E-state index contributed by atoms with van der Waals surface area (Å²) in [6.45, 7) is 3.27. The van der Waals surface area contributed by atoms with Crippen LogP contribution in [0.15, 0.2) is 30.3 Å². The van der Waals surface area contributed by atoms with Crippen molar-refractivity contribution < 1.29 is 23.8 Å². The standard InChI is InChI=1S/C14H17ClO5/c1-14(2,9-19-13(17)20-10-15)12(16)18-8-11-6-4-3-5-7-11/h3-7H,8-10H2,1-2H3. The van der Waals surface area contributed by atoms with Crippen LogP contribution in [0.5, 0.6) is 0 Å². The van der Waals surface area contributed by atoms with E-state index in [9.17, 15) is 9.59 Å². The minimum Gasteiger partial charge on any atom is -0.460 e. The highest BCUT2D eigenvalue weighted by molar-refractivity contribution is 6.17. The monoisotopic (exact) mass is 300 g/mol. The van der Waals surface area contributed by atoms with Gasteiger partial charge in [-0.3, -0.25) is 4.79 Å². The third kappa shape index (κ3) is 5.48. The molecule has 110 valence electrons. The van der Waals surface area contributed by atoms with E-state index in [1.54, 1.807) is 13.8 Å². The van der Waals surface area contributed by atoms with E-state index in [1.807, 2.05) is 30.3 Å². The van der Waals surface area contributed by atoms with Crippen LogP contribution in [0.25, 0.3) is 0 Å². The smallest absolute Gasteiger partial charge is 0.460 e. The van der Waals surface area contributed by atoms with Gasteiger partial charge in [0.2, 0.25) is 0 Å². The Morgan fingerprint density at radius 3 is 2.35 bits per heavy atom. The molecule has 0 fully saturated rings. The normalized spacial score (nSPS) is 10.8. The molecule has 20 heavy (non-hydrogen) atoms. The molecule has 0 saturated heterocycles. The number of carbonyl (C=O) groups is 2. The van der Waals surface area contributed by atoms with Crippen LogP contribution >= 0.6 is 11.6 Å². The lowest BCUT2D eigenvalue weighted by Crippen LogP contribution is -2.32. The van der Waals surface area contributed by atoms with Gasteiger partial charge in [-0.2, -0.15) is 0 Å². The maximum atomic E-state index is 11.9. The molecule has 0 N–H and O–H groups in total. The van der Waals surface area contributed by atoms with Crippen LogP contribution in [0.3, 0.4) is 0 Å². The van der Waals surface area contributed by atoms with Crippen LogP contribution in [0.2, 0.25) is 0 Å². The van der Waals surface area contributed by atoms with Crippen LogP contribution in [0.4, 0.5) is 4.79 Å². The van der Waals surface area contributed by atoms with Gasteiger partial charge in [-0.1, -0.05) is 41.9 Å². The Balaban J connectivity index is 2.42. The first kappa shape index (κ1) is 16.3. The topological polar surface area (TPSA) is 61.8 Å². The first-order valence-corrected chi connectivity index (χ1v) is 6.56. The van der Waals surface area contributed by atoms with Gasteiger partial charge in [0.05, 0.1) is 5.41 Å². The summed E-state index contributed by atoms with van der Waals surface area (Å²) in [6, 6.07) is 9.02. The molecule has 0 bridgehead atoms. The van der Waals surface area contributed by atoms with E-state index in [0.717, 1.165) is 5.56 Å². The highest BCUT2D eigenvalue weighted by Crippen LogP contribution is 2.19. The van der Waals surface area contributed by atoms with Crippen molar-refractivity contribution >= 4 is 23.7 Å². The zero-order valence-corrected chi connectivity index (χ0v) is 12.2. The summed E-state index contributed by atoms with van der Waals surface area (Å²) >= 11 is 5.21. The molecule has 0 heterocycles. The number of rotatable bonds is 6. The molecule has 1 aromatic carbocycles. The molecule has 0 aliphatic rings. The minimum atomic E-state index is -0.958. The van der Waals surface area contributed by atoms with Gasteiger partial charge in [-0.05, 0) is 19.4 Å². The second-order valence-electron chi connectivity index (χ2n) is 4.74. The molecule has 1 aromatic rings. The number of carbonyl (C=O) groups excluding carboxylic acids is 2. The van der Waals surface area contributed by atoms with E-state index in [1.165, 1.54) is 0 Å². The fourth-order valence-electron chi connectivity index (χ4n) is 1.30. The van der Waals surface area contributed by atoms with Gasteiger partial charge >= 0.3 is 12.1 Å². The summed E-state index contributed by atoms with van der Waals surface area (Å²) < 4.78 is 14.4. The lowest BCUT2D eigenvalue weighted by Gasteiger charge is -2.21. The van der Waals surface area contributed by atoms with Gasteiger partial charge < -0.3 is 14.2 Å². The van der Waals surface area contributed by atoms with E-state index in [4.69, 9.17) is 21.1 Å². The Bertz CT molecular complexity index is 444. The summed E-state index contributed by atoms with van der Waals surface area (Å²) in [4.78, 5) is 22.9. The molecule has 0 saturated carbocycles. The lowest BCUT2D eigenvalue weighted by molar-refractivity contribution is -0.157. The van der Waals surface area contributed by atoms with Crippen LogP contribution in [0.1, 0.15) is 19.4 Å². The fraction of sp³-hybridized carbons (Fsp3) is 0.429. The number of alkyl halides is 1. The predicted octanol–water partition coefficient (Wildman–Crippen LogP) is 3.11. The zero-order chi connectivity index (χ0) is 15.0. The van der Waals surface area contributed by atoms with Crippen molar-refractivity contribution in [1.29, 1.82) is 0 Å². The second kappa shape index (κ2) is 7.75. The van der Waals surface area contributed by atoms with E-state index in [-0.39, 0.29) is 19.3 Å². The molecule has 0 aromatic heterocycles. The Morgan fingerprint density at radius 1 is 1.10 bits per heavy atom. The van der Waals surface area contributed by atoms with Crippen molar-refractivity contribution in [2.75, 3.05) is 12.7 Å². The SMILES string of the molecule is CC(C)(COC(=O)OCCl)C(=O)OCc1ccccc1. The number of benzene rings is 1. The molecule has 0 radical (unpaired) electrons. The Kier molecular flexibility index (Phi) is 6.31. The quantitative estimate of drug-likeness (QED) is 0.597. The van der Waals surface area contributed by atoms with Gasteiger partial charge in [0, 0.05) is 0 Å². The van der Waals surface area contributed by atoms with Gasteiger partial charge in [-0.15, -0.1) is 0 Å². The molecule has 0 aliphatic heterocycles. The minimum absolute atomic E-state index is 0.143. The first-order chi connectivity index (χ1) is 9.45. The van der Waals surface area contributed by atoms with Crippen LogP contribution in [0, 0.1) is 5.41 Å². The molecule has 1 rings (SSSR count). The van der Waals surface area contributed by atoms with Gasteiger partial charge in [0.15, 0.2) is 6.07 Å². The number of halogens is 1. The number of ether oxygens (including phenoxy) is 3. The molecule has 5 nitrogen and oxygen atoms in total. The molecule has 0 unspecified atom stereocenters. The van der Waals surface area contributed by atoms with E-state index >= 15 is 0 Å². The third-order valence-electron chi connectivity index (χ3n) is 2.49. The average molecular weight is 301 g/mol. The fourth-order valence-corrected chi connectivity index (χ4v) is 1.39. The molecular weight excluding hydrogens is 284 g/mol. The van der Waals surface area contributed by atoms with Crippen LogP contribution in [-0.2, 0) is 25.6 Å². The predicted molar refractivity (Wildman–Crippen MR) is 73.2 cm³/mol. The molecule has 0 atom stereocenters. The highest BCUT2D eigenvalue weighted by Gasteiger charge is 2.31. The van der Waals surface area contributed by atoms with Gasteiger partial charge in [0.1, 0.15) is 13.2 Å². The van der Waals surface area contributed by atoms with Crippen LogP contribution < -0.4 is 0 Å². The third-order valence-corrected chi connectivity index (χ3v) is 2.60. The van der Waals surface area contributed by atoms with Crippen molar-refractivity contribution in [3.8, 4) is 0 Å². The van der Waals surface area contributed by atoms with Crippen LogP contribution in [-0.4, -0.2) is 24.8 Å². The van der Waals surface area contributed by atoms with Crippen molar-refractivity contribution in [2.45, 2.75) is 20.5 Å². The summed E-state index contributed by atoms with van der Waals surface area (Å²) in [7, 11) is 0. The Morgan fingerprint density at radius 2 is 1.75 bits per heavy atom. The van der Waals surface area contributed by atoms with Gasteiger partial charge in [0.25, 0.3) is 0 Å². The maximum absolute atomic E-state index is 11.9. The summed E-state index contributed by atoms with van der Waals surface area (Å²) in [5.41, 5.74) is -0.0701. The summed E-state index contributed by atoms with van der Waals surface area (Å²) in [5.74, 6) is -0.458. The zero-order valence-electron chi connectivity index (χ0n) is 11.4. The summed E-state index contributed by atoms with van der Waals surface area (Å²) in [5, 5.41) is 0. The second-order valence-corrected chi connectivity index (χ2v) is 4.96. The lowest BCUT2D eigenvalue weighted by atomic mass is 9.95. The Hall–Kier alpha value is -1.75. The van der Waals surface area contributed by atoms with Crippen molar-refractivity contribution in [2.24, 2.45) is 5.41 Å². The average Bonchev–Trinajstić information content (AvgIpc) is 2.44.